The van der Waals surface area contributed by atoms with Crippen LogP contribution in [-0.4, -0.2) is 33.9 Å². The molecule has 8 heteroatoms. The van der Waals surface area contributed by atoms with Crippen molar-refractivity contribution in [1.29, 1.82) is 0 Å². The molecule has 5 rings (SSSR count). The monoisotopic (exact) mass is 429 g/mol. The van der Waals surface area contributed by atoms with Gasteiger partial charge in [-0.15, -0.1) is 0 Å². The molecule has 1 aliphatic heterocycles. The largest absolute Gasteiger partial charge is 0.507 e. The summed E-state index contributed by atoms with van der Waals surface area (Å²) in [4.78, 5) is 35.1. The molecule has 1 amide bonds. The summed E-state index contributed by atoms with van der Waals surface area (Å²) in [6, 6.07) is 14.8. The molecule has 1 saturated heterocycles. The molecule has 32 heavy (non-hydrogen) atoms. The summed E-state index contributed by atoms with van der Waals surface area (Å²) in [5.41, 5.74) is 2.42. The topological polar surface area (TPSA) is 109 Å². The minimum Gasteiger partial charge on any atom is -0.507 e. The lowest BCUT2D eigenvalue weighted by Crippen LogP contribution is -2.30. The lowest BCUT2D eigenvalue weighted by molar-refractivity contribution is -0.132. The van der Waals surface area contributed by atoms with E-state index in [1.54, 1.807) is 30.3 Å². The highest BCUT2D eigenvalue weighted by Gasteiger charge is 2.49. The number of carbonyl (C=O) groups excluding carboxylic acids is 2. The van der Waals surface area contributed by atoms with E-state index in [9.17, 15) is 14.7 Å². The number of amides is 1. The molecule has 3 heterocycles. The van der Waals surface area contributed by atoms with Gasteiger partial charge >= 0.3 is 5.91 Å². The number of hydrogen-bond donors (Lipinski definition) is 2. The van der Waals surface area contributed by atoms with E-state index in [2.05, 4.69) is 9.97 Å². The zero-order valence-electron chi connectivity index (χ0n) is 17.3. The number of carbonyl (C=O) groups is 2. The van der Waals surface area contributed by atoms with Crippen LogP contribution in [0, 0.1) is 6.92 Å². The Balaban J connectivity index is 1.74. The highest BCUT2D eigenvalue weighted by atomic mass is 16.5. The van der Waals surface area contributed by atoms with Crippen molar-refractivity contribution >= 4 is 34.4 Å². The van der Waals surface area contributed by atoms with E-state index in [1.807, 2.05) is 31.2 Å². The minimum absolute atomic E-state index is 0.102. The number of aliphatic hydroxyl groups is 1. The number of aryl methyl sites for hydroxylation is 1. The van der Waals surface area contributed by atoms with Gasteiger partial charge < -0.3 is 19.2 Å². The quantitative estimate of drug-likeness (QED) is 0.287. The second-order valence-electron chi connectivity index (χ2n) is 7.47. The Morgan fingerprint density at radius 3 is 2.69 bits per heavy atom. The number of nitrogens with one attached hydrogen (secondary N) is 1. The molecule has 1 aliphatic rings. The van der Waals surface area contributed by atoms with Crippen molar-refractivity contribution in [2.45, 2.75) is 13.0 Å². The number of fused-ring (bicyclic) bond motifs is 1. The maximum absolute atomic E-state index is 13.2. The summed E-state index contributed by atoms with van der Waals surface area (Å²) in [5, 5.41) is 11.2. The molecule has 4 aromatic rings. The van der Waals surface area contributed by atoms with Crippen LogP contribution in [0.4, 0.5) is 5.95 Å². The van der Waals surface area contributed by atoms with Crippen molar-refractivity contribution in [3.63, 3.8) is 0 Å². The van der Waals surface area contributed by atoms with Crippen LogP contribution in [0.1, 0.15) is 22.9 Å². The number of anilines is 1. The molecular formula is C24H19N3O5. The van der Waals surface area contributed by atoms with Gasteiger partial charge in [0.15, 0.2) is 0 Å². The molecule has 2 aromatic carbocycles. The number of benzene rings is 2. The van der Waals surface area contributed by atoms with Gasteiger partial charge in [0.2, 0.25) is 5.95 Å². The van der Waals surface area contributed by atoms with E-state index in [0.717, 1.165) is 5.56 Å². The number of ketones is 1. The third-order valence-corrected chi connectivity index (χ3v) is 5.47. The van der Waals surface area contributed by atoms with E-state index < -0.39 is 17.7 Å². The van der Waals surface area contributed by atoms with Crippen LogP contribution in [0.25, 0.3) is 16.8 Å². The predicted molar refractivity (Wildman–Crippen MR) is 117 cm³/mol. The predicted octanol–water partition coefficient (Wildman–Crippen LogP) is 4.10. The molecule has 0 spiro atoms. The lowest BCUT2D eigenvalue weighted by atomic mass is 9.98. The van der Waals surface area contributed by atoms with Crippen molar-refractivity contribution in [2.75, 3.05) is 12.0 Å². The standard InChI is InChI=1S/C24H19N3O5/c1-13-9-10-17(31-2)14(12-13)21(28)19-20(18-8-5-11-32-18)27(23(30)22(19)29)24-25-15-6-3-4-7-16(15)26-24/h3-12,20,28H,1-2H3,(H,25,26)/b21-19+. The zero-order valence-corrected chi connectivity index (χ0v) is 17.3. The summed E-state index contributed by atoms with van der Waals surface area (Å²) in [6.45, 7) is 1.85. The number of nitrogens with zero attached hydrogens (tertiary/aromatic N) is 2. The van der Waals surface area contributed by atoms with Crippen molar-refractivity contribution in [3.8, 4) is 5.75 Å². The third kappa shape index (κ3) is 2.96. The number of rotatable bonds is 4. The van der Waals surface area contributed by atoms with Gasteiger partial charge in [0.1, 0.15) is 23.3 Å². The average molecular weight is 429 g/mol. The van der Waals surface area contributed by atoms with Gasteiger partial charge in [0.25, 0.3) is 5.78 Å². The minimum atomic E-state index is -1.00. The first kappa shape index (κ1) is 19.6. The van der Waals surface area contributed by atoms with Crippen LogP contribution in [0.5, 0.6) is 5.75 Å². The zero-order chi connectivity index (χ0) is 22.4. The first-order chi connectivity index (χ1) is 15.5. The summed E-state index contributed by atoms with van der Waals surface area (Å²) in [7, 11) is 1.47. The molecule has 160 valence electrons. The number of Topliss-reactive ketones (excluding diaryl/α,β-unsaturated/α-hetero) is 1. The smallest absolute Gasteiger partial charge is 0.302 e. The number of aromatic amines is 1. The molecule has 1 atom stereocenters. The Labute approximate surface area is 182 Å². The lowest BCUT2D eigenvalue weighted by Gasteiger charge is -2.21. The number of para-hydroxylation sites is 2. The van der Waals surface area contributed by atoms with Crippen molar-refractivity contribution < 1.29 is 23.8 Å². The van der Waals surface area contributed by atoms with Crippen LogP contribution in [-0.2, 0) is 9.59 Å². The van der Waals surface area contributed by atoms with Crippen LogP contribution >= 0.6 is 0 Å². The number of methoxy groups -OCH3 is 1. The van der Waals surface area contributed by atoms with Crippen LogP contribution in [0.15, 0.2) is 70.9 Å². The summed E-state index contributed by atoms with van der Waals surface area (Å²) >= 11 is 0. The summed E-state index contributed by atoms with van der Waals surface area (Å²) < 4.78 is 10.9. The maximum atomic E-state index is 13.2. The fourth-order valence-corrected chi connectivity index (χ4v) is 3.97. The van der Waals surface area contributed by atoms with E-state index in [0.29, 0.717) is 28.1 Å². The molecule has 8 nitrogen and oxygen atoms in total. The first-order valence-corrected chi connectivity index (χ1v) is 9.93. The number of furan rings is 1. The van der Waals surface area contributed by atoms with Crippen LogP contribution < -0.4 is 9.64 Å². The summed E-state index contributed by atoms with van der Waals surface area (Å²) in [5.74, 6) is -1.13. The van der Waals surface area contributed by atoms with Crippen LogP contribution in [0.3, 0.4) is 0 Å². The Morgan fingerprint density at radius 1 is 1.16 bits per heavy atom. The molecule has 2 N–H and O–H groups in total. The van der Waals surface area contributed by atoms with Gasteiger partial charge in [-0.05, 0) is 43.3 Å². The molecule has 2 aromatic heterocycles. The molecule has 0 aliphatic carbocycles. The maximum Gasteiger partial charge on any atom is 0.302 e. The highest BCUT2D eigenvalue weighted by molar-refractivity contribution is 6.51. The Hall–Kier alpha value is -4.33. The van der Waals surface area contributed by atoms with E-state index in [-0.39, 0.29) is 17.3 Å². The van der Waals surface area contributed by atoms with Crippen molar-refractivity contribution in [2.24, 2.45) is 0 Å². The molecule has 1 unspecified atom stereocenters. The summed E-state index contributed by atoms with van der Waals surface area (Å²) in [6.07, 6.45) is 1.45. The number of imidazole rings is 1. The number of aliphatic hydroxyl groups excluding tert-OH is 1. The van der Waals surface area contributed by atoms with Gasteiger partial charge in [0, 0.05) is 0 Å². The molecule has 1 fully saturated rings. The first-order valence-electron chi connectivity index (χ1n) is 9.93. The Kier molecular flexibility index (Phi) is 4.55. The fourth-order valence-electron chi connectivity index (χ4n) is 3.97. The van der Waals surface area contributed by atoms with Crippen molar-refractivity contribution in [3.05, 3.63) is 83.3 Å². The van der Waals surface area contributed by atoms with Gasteiger partial charge in [-0.2, -0.15) is 0 Å². The second-order valence-corrected chi connectivity index (χ2v) is 7.47. The Morgan fingerprint density at radius 2 is 1.97 bits per heavy atom. The number of H-pyrrole nitrogens is 1. The van der Waals surface area contributed by atoms with E-state index >= 15 is 0 Å². The second kappa shape index (κ2) is 7.42. The van der Waals surface area contributed by atoms with Crippen LogP contribution in [0.2, 0.25) is 0 Å². The van der Waals surface area contributed by atoms with E-state index in [1.165, 1.54) is 18.3 Å². The molecule has 0 saturated carbocycles. The Bertz CT molecular complexity index is 1350. The van der Waals surface area contributed by atoms with E-state index in [4.69, 9.17) is 9.15 Å². The molecule has 0 radical (unpaired) electrons. The van der Waals surface area contributed by atoms with Gasteiger partial charge in [-0.3, -0.25) is 14.5 Å². The third-order valence-electron chi connectivity index (χ3n) is 5.47. The average Bonchev–Trinajstić information content (AvgIpc) is 3.52. The van der Waals surface area contributed by atoms with Gasteiger partial charge in [-0.1, -0.05) is 23.8 Å². The molecule has 0 bridgehead atoms. The number of ether oxygens (including phenoxy) is 1. The highest BCUT2D eigenvalue weighted by Crippen LogP contribution is 2.43. The van der Waals surface area contributed by atoms with Gasteiger partial charge in [0.05, 0.1) is 35.5 Å². The normalized spacial score (nSPS) is 17.9. The number of aromatic nitrogens is 2. The van der Waals surface area contributed by atoms with Gasteiger partial charge in [-0.25, -0.2) is 4.98 Å². The van der Waals surface area contributed by atoms with Crippen molar-refractivity contribution in [1.82, 2.24) is 9.97 Å². The number of hydrogen-bond acceptors (Lipinski definition) is 6. The fraction of sp³-hybridized carbons (Fsp3) is 0.125. The molecular weight excluding hydrogens is 410 g/mol. The SMILES string of the molecule is COc1ccc(C)cc1/C(O)=C1\C(=O)C(=O)N(c2nc3ccccc3[nH]2)C1c1ccco1.